The summed E-state index contributed by atoms with van der Waals surface area (Å²) in [4.78, 5) is 10.7. The van der Waals surface area contributed by atoms with Crippen LogP contribution in [0.15, 0.2) is 6.07 Å². The summed E-state index contributed by atoms with van der Waals surface area (Å²) in [6.45, 7) is 5.39. The molecule has 1 unspecified atom stereocenters. The van der Waals surface area contributed by atoms with E-state index in [0.717, 1.165) is 31.6 Å². The molecule has 0 amide bonds. The van der Waals surface area contributed by atoms with Gasteiger partial charge in [0.05, 0.1) is 6.10 Å². The molecule has 0 aliphatic carbocycles. The lowest BCUT2D eigenvalue weighted by molar-refractivity contribution is 0.109. The normalized spacial score (nSPS) is 18.4. The van der Waals surface area contributed by atoms with E-state index in [0.29, 0.717) is 17.6 Å². The fourth-order valence-corrected chi connectivity index (χ4v) is 2.33. The van der Waals surface area contributed by atoms with Crippen LogP contribution in [0.4, 0.5) is 5.95 Å². The molecule has 1 N–H and O–H groups in total. The molecule has 96 valence electrons. The molecule has 1 aromatic heterocycles. The Morgan fingerprint density at radius 1 is 1.44 bits per heavy atom. The van der Waals surface area contributed by atoms with Gasteiger partial charge in [-0.2, -0.15) is 5.26 Å². The first-order valence-corrected chi connectivity index (χ1v) is 6.29. The number of rotatable bonds is 2. The summed E-state index contributed by atoms with van der Waals surface area (Å²) < 4.78 is 0. The highest BCUT2D eigenvalue weighted by Crippen LogP contribution is 2.23. The third-order valence-corrected chi connectivity index (χ3v) is 3.46. The Labute approximate surface area is 107 Å². The molecule has 0 aromatic carbocycles. The van der Waals surface area contributed by atoms with Gasteiger partial charge >= 0.3 is 0 Å². The number of nitriles is 1. The van der Waals surface area contributed by atoms with Crippen molar-refractivity contribution < 1.29 is 5.11 Å². The minimum absolute atomic E-state index is 0.250. The molecule has 5 nitrogen and oxygen atoms in total. The predicted octanol–water partition coefficient (Wildman–Crippen LogP) is 1.25. The molecule has 1 fully saturated rings. The van der Waals surface area contributed by atoms with Crippen molar-refractivity contribution in [1.29, 1.82) is 5.26 Å². The highest BCUT2D eigenvalue weighted by molar-refractivity contribution is 5.36. The molecule has 1 aliphatic heterocycles. The number of anilines is 1. The van der Waals surface area contributed by atoms with E-state index in [4.69, 9.17) is 5.26 Å². The Hall–Kier alpha value is -1.67. The van der Waals surface area contributed by atoms with Gasteiger partial charge in [-0.1, -0.05) is 0 Å². The maximum Gasteiger partial charge on any atom is 0.226 e. The SMILES string of the molecule is Cc1cc(C#N)nc(N2CCC(C(C)O)CC2)n1. The van der Waals surface area contributed by atoms with Crippen molar-refractivity contribution in [3.8, 4) is 6.07 Å². The van der Waals surface area contributed by atoms with Gasteiger partial charge in [-0.05, 0) is 38.7 Å². The zero-order valence-corrected chi connectivity index (χ0v) is 10.8. The van der Waals surface area contributed by atoms with E-state index in [-0.39, 0.29) is 6.10 Å². The molecule has 0 radical (unpaired) electrons. The minimum Gasteiger partial charge on any atom is -0.393 e. The number of hydrogen-bond donors (Lipinski definition) is 1. The van der Waals surface area contributed by atoms with E-state index in [1.165, 1.54) is 0 Å². The van der Waals surface area contributed by atoms with Crippen molar-refractivity contribution in [3.63, 3.8) is 0 Å². The number of hydrogen-bond acceptors (Lipinski definition) is 5. The Balaban J connectivity index is 2.10. The fourth-order valence-electron chi connectivity index (χ4n) is 2.33. The summed E-state index contributed by atoms with van der Waals surface area (Å²) in [6.07, 6.45) is 1.63. The highest BCUT2D eigenvalue weighted by atomic mass is 16.3. The average Bonchev–Trinajstić information content (AvgIpc) is 2.38. The summed E-state index contributed by atoms with van der Waals surface area (Å²) in [5.74, 6) is 0.997. The first kappa shape index (κ1) is 12.8. The molecule has 5 heteroatoms. The van der Waals surface area contributed by atoms with E-state index >= 15 is 0 Å². The van der Waals surface area contributed by atoms with Crippen LogP contribution in [-0.2, 0) is 0 Å². The van der Waals surface area contributed by atoms with Crippen LogP contribution in [0.1, 0.15) is 31.2 Å². The highest BCUT2D eigenvalue weighted by Gasteiger charge is 2.24. The van der Waals surface area contributed by atoms with E-state index in [1.54, 1.807) is 6.07 Å². The molecule has 1 aromatic rings. The molecule has 2 rings (SSSR count). The van der Waals surface area contributed by atoms with Crippen molar-refractivity contribution in [2.75, 3.05) is 18.0 Å². The number of aromatic nitrogens is 2. The molecule has 2 heterocycles. The van der Waals surface area contributed by atoms with Gasteiger partial charge in [0.1, 0.15) is 11.8 Å². The Morgan fingerprint density at radius 2 is 2.11 bits per heavy atom. The van der Waals surface area contributed by atoms with Crippen LogP contribution in [0.5, 0.6) is 0 Å². The first-order valence-electron chi connectivity index (χ1n) is 6.29. The van der Waals surface area contributed by atoms with Gasteiger partial charge in [0.15, 0.2) is 0 Å². The number of nitrogens with zero attached hydrogens (tertiary/aromatic N) is 4. The van der Waals surface area contributed by atoms with Gasteiger partial charge in [-0.3, -0.25) is 0 Å². The van der Waals surface area contributed by atoms with Gasteiger partial charge in [-0.25, -0.2) is 9.97 Å². The topological polar surface area (TPSA) is 73.0 Å². The quantitative estimate of drug-likeness (QED) is 0.850. The second-order valence-corrected chi connectivity index (χ2v) is 4.87. The molecule has 1 atom stereocenters. The van der Waals surface area contributed by atoms with Crippen LogP contribution in [-0.4, -0.2) is 34.3 Å². The van der Waals surface area contributed by atoms with Crippen LogP contribution in [0.3, 0.4) is 0 Å². The number of aliphatic hydroxyl groups excluding tert-OH is 1. The molecule has 1 aliphatic rings. The summed E-state index contributed by atoms with van der Waals surface area (Å²) in [6, 6.07) is 3.74. The second-order valence-electron chi connectivity index (χ2n) is 4.87. The molecule has 18 heavy (non-hydrogen) atoms. The van der Waals surface area contributed by atoms with Crippen LogP contribution in [0, 0.1) is 24.2 Å². The molecule has 0 saturated carbocycles. The molecule has 0 bridgehead atoms. The van der Waals surface area contributed by atoms with E-state index in [2.05, 4.69) is 20.9 Å². The Bertz CT molecular complexity index is 459. The summed E-state index contributed by atoms with van der Waals surface area (Å²) in [5.41, 5.74) is 1.23. The van der Waals surface area contributed by atoms with Crippen molar-refractivity contribution >= 4 is 5.95 Å². The van der Waals surface area contributed by atoms with Gasteiger partial charge in [-0.15, -0.1) is 0 Å². The van der Waals surface area contributed by atoms with E-state index < -0.39 is 0 Å². The van der Waals surface area contributed by atoms with Gasteiger partial charge in [0.2, 0.25) is 5.95 Å². The number of piperidine rings is 1. The number of aliphatic hydroxyl groups is 1. The van der Waals surface area contributed by atoms with E-state index in [1.807, 2.05) is 13.8 Å². The Kier molecular flexibility index (Phi) is 3.78. The van der Waals surface area contributed by atoms with Gasteiger partial charge in [0, 0.05) is 18.8 Å². The number of aryl methyl sites for hydroxylation is 1. The van der Waals surface area contributed by atoms with Gasteiger partial charge in [0.25, 0.3) is 0 Å². The minimum atomic E-state index is -0.250. The van der Waals surface area contributed by atoms with Crippen molar-refractivity contribution in [2.45, 2.75) is 32.8 Å². The van der Waals surface area contributed by atoms with Gasteiger partial charge < -0.3 is 10.0 Å². The molecule has 0 spiro atoms. The zero-order chi connectivity index (χ0) is 13.1. The summed E-state index contributed by atoms with van der Waals surface area (Å²) >= 11 is 0. The second kappa shape index (κ2) is 5.32. The lowest BCUT2D eigenvalue weighted by Gasteiger charge is -2.33. The Morgan fingerprint density at radius 3 is 2.67 bits per heavy atom. The third-order valence-electron chi connectivity index (χ3n) is 3.46. The lowest BCUT2D eigenvalue weighted by Crippen LogP contribution is -2.38. The smallest absolute Gasteiger partial charge is 0.226 e. The fraction of sp³-hybridized carbons (Fsp3) is 0.615. The van der Waals surface area contributed by atoms with Crippen molar-refractivity contribution in [3.05, 3.63) is 17.5 Å². The van der Waals surface area contributed by atoms with Crippen molar-refractivity contribution in [2.24, 2.45) is 5.92 Å². The van der Waals surface area contributed by atoms with Crippen LogP contribution in [0.2, 0.25) is 0 Å². The zero-order valence-electron chi connectivity index (χ0n) is 10.8. The molecular formula is C13H18N4O. The van der Waals surface area contributed by atoms with Crippen LogP contribution in [0.25, 0.3) is 0 Å². The maximum atomic E-state index is 9.57. The third kappa shape index (κ3) is 2.77. The lowest BCUT2D eigenvalue weighted by atomic mass is 9.92. The van der Waals surface area contributed by atoms with Crippen LogP contribution < -0.4 is 4.90 Å². The van der Waals surface area contributed by atoms with Crippen molar-refractivity contribution in [1.82, 2.24) is 9.97 Å². The molecular weight excluding hydrogens is 228 g/mol. The largest absolute Gasteiger partial charge is 0.393 e. The maximum absolute atomic E-state index is 9.57. The predicted molar refractivity (Wildman–Crippen MR) is 68.1 cm³/mol. The monoisotopic (exact) mass is 246 g/mol. The van der Waals surface area contributed by atoms with Crippen LogP contribution >= 0.6 is 0 Å². The summed E-state index contributed by atoms with van der Waals surface area (Å²) in [7, 11) is 0. The molecule has 1 saturated heterocycles. The summed E-state index contributed by atoms with van der Waals surface area (Å²) in [5, 5.41) is 18.5. The standard InChI is InChI=1S/C13H18N4O/c1-9-7-12(8-14)16-13(15-9)17-5-3-11(4-6-17)10(2)18/h7,10-11,18H,3-6H2,1-2H3. The first-order chi connectivity index (χ1) is 8.60. The average molecular weight is 246 g/mol. The van der Waals surface area contributed by atoms with E-state index in [9.17, 15) is 5.11 Å².